The molecule has 1 aromatic rings. The molecule has 0 radical (unpaired) electrons. The molecule has 0 atom stereocenters. The van der Waals surface area contributed by atoms with E-state index in [0.717, 1.165) is 29.2 Å². The largest absolute Gasteiger partial charge is 0.265 e. The van der Waals surface area contributed by atoms with E-state index in [9.17, 15) is 0 Å². The second kappa shape index (κ2) is 5.27. The van der Waals surface area contributed by atoms with Gasteiger partial charge in [0.2, 0.25) is 0 Å². The fourth-order valence-electron chi connectivity index (χ4n) is 2.08. The van der Waals surface area contributed by atoms with Crippen molar-refractivity contribution in [3.8, 4) is 0 Å². The number of nitrogens with zero attached hydrogens (tertiary/aromatic N) is 4. The van der Waals surface area contributed by atoms with Crippen LogP contribution < -0.4 is 0 Å². The number of allylic oxidation sites excluding steroid dienone is 2. The number of hydrogen-bond donors (Lipinski definition) is 0. The molecule has 4 heteroatoms. The van der Waals surface area contributed by atoms with Crippen molar-refractivity contribution in [3.63, 3.8) is 0 Å². The van der Waals surface area contributed by atoms with Crippen LogP contribution >= 0.6 is 0 Å². The molecule has 0 aliphatic carbocycles. The summed E-state index contributed by atoms with van der Waals surface area (Å²) < 4.78 is 0. The average Bonchev–Trinajstić information content (AvgIpc) is 2.72. The summed E-state index contributed by atoms with van der Waals surface area (Å²) in [5.41, 5.74) is 6.35. The van der Waals surface area contributed by atoms with Crippen molar-refractivity contribution in [1.82, 2.24) is 9.99 Å². The Morgan fingerprint density at radius 2 is 2.05 bits per heavy atom. The van der Waals surface area contributed by atoms with Gasteiger partial charge in [0.25, 0.3) is 0 Å². The topological polar surface area (TPSA) is 40.9 Å². The third-order valence-corrected chi connectivity index (χ3v) is 3.17. The molecule has 0 N–H and O–H groups in total. The van der Waals surface area contributed by atoms with Gasteiger partial charge in [-0.1, -0.05) is 19.6 Å². The summed E-state index contributed by atoms with van der Waals surface area (Å²) in [6, 6.07) is 3.97. The van der Waals surface area contributed by atoms with Gasteiger partial charge in [-0.25, -0.2) is 10.0 Å². The lowest BCUT2D eigenvalue weighted by Crippen LogP contribution is -2.22. The van der Waals surface area contributed by atoms with Gasteiger partial charge in [0.05, 0.1) is 5.70 Å². The molecule has 0 fully saturated rings. The molecule has 0 spiro atoms. The normalized spacial score (nSPS) is 17.4. The number of pyridine rings is 1. The lowest BCUT2D eigenvalue weighted by Gasteiger charge is -2.26. The minimum Gasteiger partial charge on any atom is -0.265 e. The van der Waals surface area contributed by atoms with Crippen molar-refractivity contribution in [1.29, 1.82) is 0 Å². The minimum atomic E-state index is 0.357. The van der Waals surface area contributed by atoms with E-state index in [1.165, 1.54) is 0 Å². The number of fused-ring (bicyclic) bond motifs is 1. The minimum absolute atomic E-state index is 0.357. The summed E-state index contributed by atoms with van der Waals surface area (Å²) in [7, 11) is 0. The first-order valence-corrected chi connectivity index (χ1v) is 6.74. The zero-order valence-corrected chi connectivity index (χ0v) is 11.6. The second-order valence-electron chi connectivity index (χ2n) is 4.97. The molecule has 0 amide bonds. The van der Waals surface area contributed by atoms with E-state index in [1.807, 2.05) is 29.4 Å². The van der Waals surface area contributed by atoms with E-state index >= 15 is 0 Å². The Morgan fingerprint density at radius 3 is 2.80 bits per heavy atom. The van der Waals surface area contributed by atoms with Crippen molar-refractivity contribution in [2.24, 2.45) is 16.0 Å². The Labute approximate surface area is 118 Å². The predicted octanol–water partition coefficient (Wildman–Crippen LogP) is 3.22. The molecule has 1 aromatic heterocycles. The Balaban J connectivity index is 2.15. The van der Waals surface area contributed by atoms with E-state index in [2.05, 4.69) is 40.7 Å². The van der Waals surface area contributed by atoms with Gasteiger partial charge in [-0.2, -0.15) is 5.10 Å². The first-order valence-electron chi connectivity index (χ1n) is 6.74. The van der Waals surface area contributed by atoms with Gasteiger partial charge in [-0.3, -0.25) is 4.98 Å². The molecule has 4 nitrogen and oxygen atoms in total. The van der Waals surface area contributed by atoms with Crippen LogP contribution in [0.25, 0.3) is 5.70 Å². The molecule has 0 bridgehead atoms. The highest BCUT2D eigenvalue weighted by atomic mass is 15.5. The van der Waals surface area contributed by atoms with E-state index in [4.69, 9.17) is 0 Å². The lowest BCUT2D eigenvalue weighted by atomic mass is 10.0. The predicted molar refractivity (Wildman–Crippen MR) is 81.0 cm³/mol. The molecular weight excluding hydrogens is 248 g/mol. The van der Waals surface area contributed by atoms with Crippen molar-refractivity contribution in [2.45, 2.75) is 20.3 Å². The van der Waals surface area contributed by atoms with Gasteiger partial charge >= 0.3 is 0 Å². The fourth-order valence-corrected chi connectivity index (χ4v) is 2.08. The molecular formula is C16H16N4. The van der Waals surface area contributed by atoms with Crippen LogP contribution in [-0.2, 0) is 0 Å². The monoisotopic (exact) mass is 264 g/mol. The molecule has 2 aliphatic heterocycles. The highest BCUT2D eigenvalue weighted by Crippen LogP contribution is 2.29. The van der Waals surface area contributed by atoms with E-state index in [-0.39, 0.29) is 0 Å². The number of aromatic nitrogens is 1. The average molecular weight is 264 g/mol. The Bertz CT molecular complexity index is 659. The second-order valence-corrected chi connectivity index (χ2v) is 4.97. The first kappa shape index (κ1) is 12.6. The highest BCUT2D eigenvalue weighted by molar-refractivity contribution is 6.03. The Kier molecular flexibility index (Phi) is 3.32. The van der Waals surface area contributed by atoms with E-state index in [1.54, 1.807) is 12.4 Å². The standard InChI is InChI=1S/C16H16N4/c1-12(2)14-11-15(13-6-9-17-10-7-13)20-16(19-14)5-3-4-8-18-20/h3,6-12H,4H2,1-2H3. The van der Waals surface area contributed by atoms with Gasteiger partial charge in [0, 0.05) is 36.3 Å². The van der Waals surface area contributed by atoms with Gasteiger partial charge < -0.3 is 0 Å². The summed E-state index contributed by atoms with van der Waals surface area (Å²) in [4.78, 5) is 8.72. The van der Waals surface area contributed by atoms with Crippen LogP contribution in [0.15, 0.2) is 58.3 Å². The Morgan fingerprint density at radius 1 is 1.25 bits per heavy atom. The number of rotatable bonds is 2. The van der Waals surface area contributed by atoms with Crippen LogP contribution in [0.5, 0.6) is 0 Å². The fraction of sp³-hybridized carbons (Fsp3) is 0.250. The van der Waals surface area contributed by atoms with Crippen molar-refractivity contribution < 1.29 is 0 Å². The molecule has 3 rings (SSSR count). The zero-order valence-electron chi connectivity index (χ0n) is 11.6. The summed E-state index contributed by atoms with van der Waals surface area (Å²) in [6.45, 7) is 4.28. The molecule has 0 unspecified atom stereocenters. The SMILES string of the molecule is CC(C)C1=NC2=C=CCC=NN2C(c2ccncc2)=C1. The van der Waals surface area contributed by atoms with Crippen LogP contribution in [-0.4, -0.2) is 21.9 Å². The molecule has 3 heterocycles. The van der Waals surface area contributed by atoms with Crippen LogP contribution in [0.4, 0.5) is 0 Å². The number of hydrazone groups is 1. The maximum Gasteiger partial charge on any atom is 0.198 e. The van der Waals surface area contributed by atoms with Crippen molar-refractivity contribution >= 4 is 17.6 Å². The van der Waals surface area contributed by atoms with Crippen LogP contribution in [0, 0.1) is 5.92 Å². The Hall–Kier alpha value is -2.45. The molecule has 0 aromatic carbocycles. The van der Waals surface area contributed by atoms with E-state index in [0.29, 0.717) is 5.92 Å². The van der Waals surface area contributed by atoms with Gasteiger partial charge in [0.15, 0.2) is 5.82 Å². The third kappa shape index (κ3) is 2.33. The van der Waals surface area contributed by atoms with Crippen molar-refractivity contribution in [2.75, 3.05) is 0 Å². The molecule has 0 saturated carbocycles. The van der Waals surface area contributed by atoms with Gasteiger partial charge in [-0.15, -0.1) is 0 Å². The van der Waals surface area contributed by atoms with Crippen LogP contribution in [0.1, 0.15) is 25.8 Å². The zero-order chi connectivity index (χ0) is 13.9. The van der Waals surface area contributed by atoms with Crippen LogP contribution in [0.3, 0.4) is 0 Å². The van der Waals surface area contributed by atoms with E-state index < -0.39 is 0 Å². The third-order valence-electron chi connectivity index (χ3n) is 3.17. The first-order chi connectivity index (χ1) is 9.75. The van der Waals surface area contributed by atoms with Gasteiger partial charge in [0.1, 0.15) is 0 Å². The maximum atomic E-state index is 4.65. The van der Waals surface area contributed by atoms with Gasteiger partial charge in [-0.05, 0) is 30.2 Å². The van der Waals surface area contributed by atoms with Crippen LogP contribution in [0.2, 0.25) is 0 Å². The summed E-state index contributed by atoms with van der Waals surface area (Å²) in [6.07, 6.45) is 10.3. The molecule has 20 heavy (non-hydrogen) atoms. The molecule has 2 aliphatic rings. The quantitative estimate of drug-likeness (QED) is 0.769. The highest BCUT2D eigenvalue weighted by Gasteiger charge is 2.22. The molecule has 0 saturated heterocycles. The summed E-state index contributed by atoms with van der Waals surface area (Å²) in [5.74, 6) is 1.10. The number of hydrogen-bond acceptors (Lipinski definition) is 4. The number of aliphatic imine (C=N–C) groups is 1. The summed E-state index contributed by atoms with van der Waals surface area (Å²) in [5, 5.41) is 6.32. The lowest BCUT2D eigenvalue weighted by molar-refractivity contribution is 0.516. The maximum absolute atomic E-state index is 4.65. The smallest absolute Gasteiger partial charge is 0.198 e. The molecule has 100 valence electrons. The van der Waals surface area contributed by atoms with Crippen molar-refractivity contribution in [3.05, 3.63) is 53.8 Å². The summed E-state index contributed by atoms with van der Waals surface area (Å²) >= 11 is 0.